The van der Waals surface area contributed by atoms with Crippen LogP contribution in [0, 0.1) is 12.3 Å². The Balaban J connectivity index is 1.98. The van der Waals surface area contributed by atoms with E-state index in [1.807, 2.05) is 30.0 Å². The molecule has 1 aliphatic rings. The van der Waals surface area contributed by atoms with Gasteiger partial charge in [0, 0.05) is 19.6 Å². The number of methoxy groups -OCH3 is 1. The lowest BCUT2D eigenvalue weighted by Crippen LogP contribution is -2.44. The zero-order chi connectivity index (χ0) is 19.5. The molecule has 1 aliphatic heterocycles. The van der Waals surface area contributed by atoms with Crippen LogP contribution in [0.5, 0.6) is 11.5 Å². The van der Waals surface area contributed by atoms with Crippen molar-refractivity contribution in [2.24, 2.45) is 4.99 Å². The Morgan fingerprint density at radius 1 is 1.30 bits per heavy atom. The minimum Gasteiger partial charge on any atom is -0.493 e. The molecule has 1 heterocycles. The number of hydrogen-bond acceptors (Lipinski definition) is 4. The van der Waals surface area contributed by atoms with Crippen LogP contribution in [0.25, 0.3) is 0 Å². The standard InChI is InChI=1S/C20H28N4O3/c1-4-12-27-18-13-16(8-9-17(18)26-3)14-22-20(21-5-2)23-15-19(25)24-10-6-7-11-24/h1,8-9,13H,5-7,10-12,14-15H2,2-3H3,(H2,21,22,23). The zero-order valence-corrected chi connectivity index (χ0v) is 16.1. The molecule has 1 amide bonds. The van der Waals surface area contributed by atoms with Crippen molar-refractivity contribution in [1.29, 1.82) is 0 Å². The number of guanidine groups is 1. The molecule has 7 heteroatoms. The monoisotopic (exact) mass is 372 g/mol. The van der Waals surface area contributed by atoms with Gasteiger partial charge in [-0.3, -0.25) is 4.79 Å². The summed E-state index contributed by atoms with van der Waals surface area (Å²) in [5, 5.41) is 6.26. The van der Waals surface area contributed by atoms with E-state index in [1.54, 1.807) is 7.11 Å². The fraction of sp³-hybridized carbons (Fsp3) is 0.500. The molecule has 2 N–H and O–H groups in total. The van der Waals surface area contributed by atoms with Crippen LogP contribution < -0.4 is 20.1 Å². The lowest BCUT2D eigenvalue weighted by atomic mass is 10.2. The Bertz CT molecular complexity index is 691. The van der Waals surface area contributed by atoms with Gasteiger partial charge in [-0.05, 0) is 37.5 Å². The number of nitrogens with zero attached hydrogens (tertiary/aromatic N) is 2. The maximum atomic E-state index is 12.2. The molecule has 0 saturated carbocycles. The van der Waals surface area contributed by atoms with E-state index < -0.39 is 0 Å². The molecule has 0 bridgehead atoms. The molecular formula is C20H28N4O3. The largest absolute Gasteiger partial charge is 0.493 e. The maximum Gasteiger partial charge on any atom is 0.241 e. The highest BCUT2D eigenvalue weighted by Gasteiger charge is 2.17. The van der Waals surface area contributed by atoms with Gasteiger partial charge in [-0.15, -0.1) is 6.42 Å². The van der Waals surface area contributed by atoms with Crippen LogP contribution in [-0.4, -0.2) is 56.7 Å². The van der Waals surface area contributed by atoms with Gasteiger partial charge in [-0.25, -0.2) is 4.99 Å². The number of terminal acetylenes is 1. The molecule has 27 heavy (non-hydrogen) atoms. The molecule has 0 aliphatic carbocycles. The van der Waals surface area contributed by atoms with E-state index in [-0.39, 0.29) is 19.1 Å². The van der Waals surface area contributed by atoms with Crippen molar-refractivity contribution in [3.8, 4) is 23.8 Å². The number of hydrogen-bond donors (Lipinski definition) is 2. The molecule has 1 fully saturated rings. The Labute approximate surface area is 161 Å². The summed E-state index contributed by atoms with van der Waals surface area (Å²) >= 11 is 0. The molecule has 0 atom stereocenters. The van der Waals surface area contributed by atoms with Crippen LogP contribution in [0.2, 0.25) is 0 Å². The molecule has 1 saturated heterocycles. The molecule has 1 aromatic rings. The van der Waals surface area contributed by atoms with Crippen LogP contribution in [-0.2, 0) is 11.3 Å². The summed E-state index contributed by atoms with van der Waals surface area (Å²) in [4.78, 5) is 18.6. The number of ether oxygens (including phenoxy) is 2. The predicted molar refractivity (Wildman–Crippen MR) is 106 cm³/mol. The second-order valence-electron chi connectivity index (χ2n) is 6.11. The van der Waals surface area contributed by atoms with Crippen molar-refractivity contribution >= 4 is 11.9 Å². The molecule has 0 unspecified atom stereocenters. The molecule has 2 rings (SSSR count). The van der Waals surface area contributed by atoms with E-state index >= 15 is 0 Å². The van der Waals surface area contributed by atoms with E-state index in [9.17, 15) is 4.79 Å². The first-order chi connectivity index (χ1) is 13.2. The highest BCUT2D eigenvalue weighted by atomic mass is 16.5. The Morgan fingerprint density at radius 2 is 2.07 bits per heavy atom. The van der Waals surface area contributed by atoms with Crippen LogP contribution in [0.15, 0.2) is 23.2 Å². The maximum absolute atomic E-state index is 12.2. The third-order valence-electron chi connectivity index (χ3n) is 4.17. The fourth-order valence-corrected chi connectivity index (χ4v) is 2.80. The second kappa shape index (κ2) is 11.0. The fourth-order valence-electron chi connectivity index (χ4n) is 2.80. The highest BCUT2D eigenvalue weighted by Crippen LogP contribution is 2.28. The number of nitrogens with one attached hydrogen (secondary N) is 2. The molecule has 0 aromatic heterocycles. The number of amides is 1. The smallest absolute Gasteiger partial charge is 0.241 e. The summed E-state index contributed by atoms with van der Waals surface area (Å²) in [6.07, 6.45) is 7.42. The van der Waals surface area contributed by atoms with Crippen molar-refractivity contribution < 1.29 is 14.3 Å². The summed E-state index contributed by atoms with van der Waals surface area (Å²) in [6, 6.07) is 5.61. The lowest BCUT2D eigenvalue weighted by molar-refractivity contribution is -0.128. The molecule has 0 radical (unpaired) electrons. The van der Waals surface area contributed by atoms with Gasteiger partial charge in [0.2, 0.25) is 5.91 Å². The number of rotatable bonds is 8. The third kappa shape index (κ3) is 6.41. The average molecular weight is 372 g/mol. The first kappa shape index (κ1) is 20.4. The van der Waals surface area contributed by atoms with Crippen LogP contribution >= 0.6 is 0 Å². The van der Waals surface area contributed by atoms with Crippen molar-refractivity contribution in [2.45, 2.75) is 26.3 Å². The average Bonchev–Trinajstić information content (AvgIpc) is 3.23. The minimum absolute atomic E-state index is 0.104. The van der Waals surface area contributed by atoms with E-state index in [0.29, 0.717) is 30.5 Å². The molecular weight excluding hydrogens is 344 g/mol. The Morgan fingerprint density at radius 3 is 2.74 bits per heavy atom. The summed E-state index contributed by atoms with van der Waals surface area (Å²) in [5.41, 5.74) is 0.950. The number of likely N-dealkylation sites (tertiary alicyclic amines) is 1. The van der Waals surface area contributed by atoms with Crippen molar-refractivity contribution in [2.75, 3.05) is 39.9 Å². The highest BCUT2D eigenvalue weighted by molar-refractivity contribution is 5.86. The van der Waals surface area contributed by atoms with E-state index in [4.69, 9.17) is 15.9 Å². The topological polar surface area (TPSA) is 75.2 Å². The molecule has 7 nitrogen and oxygen atoms in total. The second-order valence-corrected chi connectivity index (χ2v) is 6.11. The van der Waals surface area contributed by atoms with Gasteiger partial charge in [-0.1, -0.05) is 12.0 Å². The van der Waals surface area contributed by atoms with Gasteiger partial charge in [-0.2, -0.15) is 0 Å². The first-order valence-corrected chi connectivity index (χ1v) is 9.21. The van der Waals surface area contributed by atoms with Gasteiger partial charge in [0.1, 0.15) is 6.61 Å². The van der Waals surface area contributed by atoms with Crippen LogP contribution in [0.4, 0.5) is 0 Å². The number of carbonyl (C=O) groups is 1. The number of carbonyl (C=O) groups excluding carboxylic acids is 1. The van der Waals surface area contributed by atoms with Crippen LogP contribution in [0.1, 0.15) is 25.3 Å². The zero-order valence-electron chi connectivity index (χ0n) is 16.1. The van der Waals surface area contributed by atoms with Gasteiger partial charge in [0.15, 0.2) is 17.5 Å². The Kier molecular flexibility index (Phi) is 8.30. The van der Waals surface area contributed by atoms with Gasteiger partial charge in [0.05, 0.1) is 20.2 Å². The van der Waals surface area contributed by atoms with E-state index in [0.717, 1.165) is 31.5 Å². The van der Waals surface area contributed by atoms with Crippen LogP contribution in [0.3, 0.4) is 0 Å². The van der Waals surface area contributed by atoms with Gasteiger partial charge in [0.25, 0.3) is 0 Å². The van der Waals surface area contributed by atoms with Crippen molar-refractivity contribution in [3.05, 3.63) is 23.8 Å². The first-order valence-electron chi connectivity index (χ1n) is 9.21. The Hall–Kier alpha value is -2.88. The molecule has 0 spiro atoms. The predicted octanol–water partition coefficient (Wildman–Crippen LogP) is 1.38. The SMILES string of the molecule is C#CCOc1cc(CN=C(NCC)NCC(=O)N2CCCC2)ccc1OC. The normalized spacial score (nSPS) is 13.8. The van der Waals surface area contributed by atoms with E-state index in [1.165, 1.54) is 0 Å². The van der Waals surface area contributed by atoms with Gasteiger partial charge < -0.3 is 25.0 Å². The third-order valence-corrected chi connectivity index (χ3v) is 4.17. The molecule has 1 aromatic carbocycles. The lowest BCUT2D eigenvalue weighted by Gasteiger charge is -2.17. The quantitative estimate of drug-likeness (QED) is 0.410. The van der Waals surface area contributed by atoms with E-state index in [2.05, 4.69) is 21.5 Å². The number of benzene rings is 1. The number of aliphatic imine (C=N–C) groups is 1. The summed E-state index contributed by atoms with van der Waals surface area (Å²) in [7, 11) is 1.58. The van der Waals surface area contributed by atoms with Gasteiger partial charge >= 0.3 is 0 Å². The van der Waals surface area contributed by atoms with Crippen molar-refractivity contribution in [3.63, 3.8) is 0 Å². The van der Waals surface area contributed by atoms with Crippen molar-refractivity contribution in [1.82, 2.24) is 15.5 Å². The minimum atomic E-state index is 0.104. The molecule has 146 valence electrons. The summed E-state index contributed by atoms with van der Waals surface area (Å²) in [6.45, 7) is 5.24. The summed E-state index contributed by atoms with van der Waals surface area (Å²) in [5.74, 6) is 4.36. The summed E-state index contributed by atoms with van der Waals surface area (Å²) < 4.78 is 10.8.